The van der Waals surface area contributed by atoms with Crippen molar-refractivity contribution < 1.29 is 9.59 Å². The molecule has 1 aliphatic heterocycles. The lowest BCUT2D eigenvalue weighted by molar-refractivity contribution is 0.0655. The van der Waals surface area contributed by atoms with Crippen LogP contribution in [0.2, 0.25) is 0 Å². The number of carbonyl (C=O) groups is 2. The van der Waals surface area contributed by atoms with Gasteiger partial charge in [0.05, 0.1) is 11.1 Å². The summed E-state index contributed by atoms with van der Waals surface area (Å²) in [6.45, 7) is 6.65. The second kappa shape index (κ2) is 9.56. The SMILES string of the molecule is CCN(CC)c1ccc(-c2nnc(SCCCN3C(=O)c4ccccc4C3=O)n2C)cc1. The lowest BCUT2D eigenvalue weighted by Gasteiger charge is -2.21. The highest BCUT2D eigenvalue weighted by molar-refractivity contribution is 7.99. The van der Waals surface area contributed by atoms with Crippen molar-refractivity contribution >= 4 is 29.3 Å². The van der Waals surface area contributed by atoms with Crippen molar-refractivity contribution in [2.75, 3.05) is 30.3 Å². The molecule has 2 amide bonds. The Kier molecular flexibility index (Phi) is 6.60. The smallest absolute Gasteiger partial charge is 0.261 e. The second-order valence-corrected chi connectivity index (χ2v) is 8.66. The molecule has 1 aliphatic rings. The van der Waals surface area contributed by atoms with E-state index < -0.39 is 0 Å². The summed E-state index contributed by atoms with van der Waals surface area (Å²) in [6, 6.07) is 15.4. The fourth-order valence-electron chi connectivity index (χ4n) is 3.93. The van der Waals surface area contributed by atoms with E-state index in [9.17, 15) is 9.59 Å². The van der Waals surface area contributed by atoms with E-state index in [2.05, 4.69) is 53.2 Å². The summed E-state index contributed by atoms with van der Waals surface area (Å²) in [5, 5.41) is 9.51. The highest BCUT2D eigenvalue weighted by Crippen LogP contribution is 2.26. The van der Waals surface area contributed by atoms with Crippen LogP contribution < -0.4 is 4.90 Å². The Hall–Kier alpha value is -3.13. The van der Waals surface area contributed by atoms with Crippen LogP contribution in [0.3, 0.4) is 0 Å². The van der Waals surface area contributed by atoms with E-state index in [1.54, 1.807) is 36.0 Å². The molecule has 7 nitrogen and oxygen atoms in total. The van der Waals surface area contributed by atoms with Gasteiger partial charge in [0.2, 0.25) is 0 Å². The molecule has 0 N–H and O–H groups in total. The zero-order chi connectivity index (χ0) is 22.7. The molecule has 2 heterocycles. The topological polar surface area (TPSA) is 71.3 Å². The maximum atomic E-state index is 12.5. The fraction of sp³-hybridized carbons (Fsp3) is 0.333. The number of nitrogens with zero attached hydrogens (tertiary/aromatic N) is 5. The first-order valence-corrected chi connectivity index (χ1v) is 11.9. The predicted molar refractivity (Wildman–Crippen MR) is 127 cm³/mol. The molecule has 0 bridgehead atoms. The zero-order valence-corrected chi connectivity index (χ0v) is 19.4. The third-order valence-corrected chi connectivity index (χ3v) is 6.83. The van der Waals surface area contributed by atoms with Crippen LogP contribution in [-0.4, -0.2) is 56.9 Å². The van der Waals surface area contributed by atoms with Crippen LogP contribution in [0.4, 0.5) is 5.69 Å². The van der Waals surface area contributed by atoms with E-state index in [1.165, 1.54) is 10.6 Å². The van der Waals surface area contributed by atoms with Crippen LogP contribution in [-0.2, 0) is 7.05 Å². The van der Waals surface area contributed by atoms with Gasteiger partial charge in [0.15, 0.2) is 11.0 Å². The first-order chi connectivity index (χ1) is 15.5. The van der Waals surface area contributed by atoms with Crippen molar-refractivity contribution in [3.05, 3.63) is 59.7 Å². The minimum absolute atomic E-state index is 0.204. The van der Waals surface area contributed by atoms with Crippen molar-refractivity contribution in [2.45, 2.75) is 25.4 Å². The molecule has 4 rings (SSSR count). The van der Waals surface area contributed by atoms with Gasteiger partial charge in [-0.15, -0.1) is 10.2 Å². The first kappa shape index (κ1) is 22.1. The average Bonchev–Trinajstić information content (AvgIpc) is 3.30. The number of benzene rings is 2. The molecular formula is C24H27N5O2S. The highest BCUT2D eigenvalue weighted by Gasteiger charge is 2.34. The molecule has 0 aliphatic carbocycles. The fourth-order valence-corrected chi connectivity index (χ4v) is 4.77. The number of imide groups is 1. The number of hydrogen-bond donors (Lipinski definition) is 0. The van der Waals surface area contributed by atoms with Crippen LogP contribution >= 0.6 is 11.8 Å². The molecule has 3 aromatic rings. The van der Waals surface area contributed by atoms with Crippen molar-refractivity contribution in [1.82, 2.24) is 19.7 Å². The van der Waals surface area contributed by atoms with E-state index in [0.29, 0.717) is 24.1 Å². The van der Waals surface area contributed by atoms with E-state index in [4.69, 9.17) is 0 Å². The van der Waals surface area contributed by atoms with Crippen LogP contribution in [0.5, 0.6) is 0 Å². The molecule has 1 aromatic heterocycles. The van der Waals surface area contributed by atoms with Crippen molar-refractivity contribution in [3.63, 3.8) is 0 Å². The molecule has 166 valence electrons. The normalized spacial score (nSPS) is 13.0. The highest BCUT2D eigenvalue weighted by atomic mass is 32.2. The van der Waals surface area contributed by atoms with Gasteiger partial charge in [-0.2, -0.15) is 0 Å². The lowest BCUT2D eigenvalue weighted by atomic mass is 10.1. The molecule has 0 unspecified atom stereocenters. The second-order valence-electron chi connectivity index (χ2n) is 7.59. The molecule has 8 heteroatoms. The Labute approximate surface area is 192 Å². The van der Waals surface area contributed by atoms with Gasteiger partial charge in [-0.05, 0) is 56.7 Å². The number of thioether (sulfide) groups is 1. The standard InChI is InChI=1S/C24H27N5O2S/c1-4-28(5-2)18-13-11-17(12-14-18)21-25-26-24(27(21)3)32-16-8-15-29-22(30)19-9-6-7-10-20(19)23(29)31/h6-7,9-14H,4-5,8,15-16H2,1-3H3. The monoisotopic (exact) mass is 449 g/mol. The molecule has 32 heavy (non-hydrogen) atoms. The van der Waals surface area contributed by atoms with Gasteiger partial charge in [0.25, 0.3) is 11.8 Å². The van der Waals surface area contributed by atoms with Gasteiger partial charge in [-0.25, -0.2) is 0 Å². The Morgan fingerprint density at radius 2 is 1.53 bits per heavy atom. The van der Waals surface area contributed by atoms with Crippen LogP contribution in [0.15, 0.2) is 53.7 Å². The number of fused-ring (bicyclic) bond motifs is 1. The van der Waals surface area contributed by atoms with Crippen LogP contribution in [0.25, 0.3) is 11.4 Å². The quantitative estimate of drug-likeness (QED) is 0.278. The Bertz CT molecular complexity index is 1090. The molecule has 0 radical (unpaired) electrons. The zero-order valence-electron chi connectivity index (χ0n) is 18.6. The number of aromatic nitrogens is 3. The number of amides is 2. The van der Waals surface area contributed by atoms with Crippen LogP contribution in [0.1, 0.15) is 41.0 Å². The molecule has 0 saturated carbocycles. The number of hydrogen-bond acceptors (Lipinski definition) is 6. The Balaban J connectivity index is 1.34. The number of anilines is 1. The maximum Gasteiger partial charge on any atom is 0.261 e. The molecule has 0 saturated heterocycles. The maximum absolute atomic E-state index is 12.5. The van der Waals surface area contributed by atoms with E-state index in [-0.39, 0.29) is 11.8 Å². The third-order valence-electron chi connectivity index (χ3n) is 5.72. The molecule has 0 atom stereocenters. The van der Waals surface area contributed by atoms with Crippen molar-refractivity contribution in [1.29, 1.82) is 0 Å². The minimum Gasteiger partial charge on any atom is -0.372 e. The summed E-state index contributed by atoms with van der Waals surface area (Å²) in [5.41, 5.74) is 3.21. The minimum atomic E-state index is -0.204. The summed E-state index contributed by atoms with van der Waals surface area (Å²) in [5.74, 6) is 1.15. The molecule has 2 aromatic carbocycles. The van der Waals surface area contributed by atoms with Gasteiger partial charge >= 0.3 is 0 Å². The summed E-state index contributed by atoms with van der Waals surface area (Å²) in [7, 11) is 1.96. The van der Waals surface area contributed by atoms with Gasteiger partial charge < -0.3 is 9.47 Å². The summed E-state index contributed by atoms with van der Waals surface area (Å²) in [4.78, 5) is 28.6. The van der Waals surface area contributed by atoms with Gasteiger partial charge in [-0.1, -0.05) is 23.9 Å². The summed E-state index contributed by atoms with van der Waals surface area (Å²) >= 11 is 1.58. The Morgan fingerprint density at radius 3 is 2.12 bits per heavy atom. The van der Waals surface area contributed by atoms with E-state index >= 15 is 0 Å². The van der Waals surface area contributed by atoms with E-state index in [1.807, 2.05) is 11.6 Å². The Morgan fingerprint density at radius 1 is 0.906 bits per heavy atom. The summed E-state index contributed by atoms with van der Waals surface area (Å²) < 4.78 is 1.99. The van der Waals surface area contributed by atoms with Gasteiger partial charge in [-0.3, -0.25) is 14.5 Å². The van der Waals surface area contributed by atoms with Crippen molar-refractivity contribution in [3.8, 4) is 11.4 Å². The average molecular weight is 450 g/mol. The lowest BCUT2D eigenvalue weighted by Crippen LogP contribution is -2.31. The first-order valence-electron chi connectivity index (χ1n) is 10.9. The van der Waals surface area contributed by atoms with E-state index in [0.717, 1.165) is 35.4 Å². The number of rotatable bonds is 9. The van der Waals surface area contributed by atoms with Crippen LogP contribution in [0, 0.1) is 0 Å². The molecule has 0 spiro atoms. The van der Waals surface area contributed by atoms with Gasteiger partial charge in [0.1, 0.15) is 0 Å². The predicted octanol–water partition coefficient (Wildman–Crippen LogP) is 4.11. The largest absolute Gasteiger partial charge is 0.372 e. The van der Waals surface area contributed by atoms with Gasteiger partial charge in [0, 0.05) is 43.7 Å². The molecule has 0 fully saturated rings. The number of carbonyl (C=O) groups excluding carboxylic acids is 2. The summed E-state index contributed by atoms with van der Waals surface area (Å²) in [6.07, 6.45) is 0.691. The molecular weight excluding hydrogens is 422 g/mol. The third kappa shape index (κ3) is 4.14. The van der Waals surface area contributed by atoms with Crippen molar-refractivity contribution in [2.24, 2.45) is 7.05 Å².